The van der Waals surface area contributed by atoms with Gasteiger partial charge in [0.05, 0.1) is 11.0 Å². The van der Waals surface area contributed by atoms with E-state index in [-0.39, 0.29) is 17.2 Å². The van der Waals surface area contributed by atoms with Gasteiger partial charge in [-0.25, -0.2) is 19.1 Å². The molecule has 1 saturated heterocycles. The second kappa shape index (κ2) is 10.7. The lowest BCUT2D eigenvalue weighted by molar-refractivity contribution is 0.0124. The van der Waals surface area contributed by atoms with Crippen molar-refractivity contribution in [3.05, 3.63) is 18.0 Å². The van der Waals surface area contributed by atoms with Gasteiger partial charge in [-0.3, -0.25) is 0 Å². The summed E-state index contributed by atoms with van der Waals surface area (Å²) in [5.74, 6) is 1.71. The number of hydrogen-bond donors (Lipinski definition) is 0. The number of benzene rings is 1. The van der Waals surface area contributed by atoms with E-state index in [0.29, 0.717) is 54.3 Å². The lowest BCUT2D eigenvalue weighted by Crippen LogP contribution is -2.45. The predicted molar refractivity (Wildman–Crippen MR) is 155 cm³/mol. The number of rotatable bonds is 4. The molecule has 0 atom stereocenters. The number of carbonyl (C=O) groups is 2. The van der Waals surface area contributed by atoms with Crippen LogP contribution in [0.5, 0.6) is 11.5 Å². The normalized spacial score (nSPS) is 15.8. The molecule has 2 aromatic rings. The molecule has 0 spiro atoms. The summed E-state index contributed by atoms with van der Waals surface area (Å²) < 4.78 is 25.9. The van der Waals surface area contributed by atoms with Crippen LogP contribution in [0, 0.1) is 6.92 Å². The lowest BCUT2D eigenvalue weighted by Gasteiger charge is -2.37. The summed E-state index contributed by atoms with van der Waals surface area (Å²) in [4.78, 5) is 32.0. The molecule has 1 aromatic heterocycles. The second-order valence-corrected chi connectivity index (χ2v) is 18.6. The number of piperidine rings is 1. The van der Waals surface area contributed by atoms with Crippen molar-refractivity contribution in [1.29, 1.82) is 0 Å². The van der Waals surface area contributed by atoms with Crippen molar-refractivity contribution in [2.45, 2.75) is 118 Å². The van der Waals surface area contributed by atoms with Crippen LogP contribution in [0.4, 0.5) is 9.59 Å². The third kappa shape index (κ3) is 7.68. The molecule has 9 nitrogen and oxygen atoms in total. The number of likely N-dealkylation sites (tertiary alicyclic amines) is 1. The number of fused-ring (bicyclic) bond motifs is 1. The van der Waals surface area contributed by atoms with E-state index in [1.165, 1.54) is 4.57 Å². The summed E-state index contributed by atoms with van der Waals surface area (Å²) in [6.45, 7) is 24.9. The summed E-state index contributed by atoms with van der Waals surface area (Å²) >= 11 is 0. The Morgan fingerprint density at radius 1 is 0.872 bits per heavy atom. The zero-order valence-corrected chi connectivity index (χ0v) is 26.9. The van der Waals surface area contributed by atoms with Crippen molar-refractivity contribution >= 4 is 31.5 Å². The fourth-order valence-corrected chi connectivity index (χ4v) is 5.02. The summed E-state index contributed by atoms with van der Waals surface area (Å²) in [7, 11) is -2.25. The summed E-state index contributed by atoms with van der Waals surface area (Å²) in [5, 5.41) is -0.0424. The van der Waals surface area contributed by atoms with Gasteiger partial charge in [-0.05, 0) is 66.6 Å². The topological polar surface area (TPSA) is 92.1 Å². The van der Waals surface area contributed by atoms with Gasteiger partial charge in [0.1, 0.15) is 28.9 Å². The van der Waals surface area contributed by atoms with Crippen LogP contribution in [0.3, 0.4) is 0 Å². The van der Waals surface area contributed by atoms with Gasteiger partial charge in [-0.15, -0.1) is 0 Å². The molecule has 3 rings (SSSR count). The van der Waals surface area contributed by atoms with E-state index in [9.17, 15) is 9.59 Å². The summed E-state index contributed by atoms with van der Waals surface area (Å²) in [6.07, 6.45) is 0.457. The minimum absolute atomic E-state index is 0.0424. The highest BCUT2D eigenvalue weighted by atomic mass is 28.4. The molecule has 0 aliphatic carbocycles. The number of aromatic nitrogens is 2. The molecule has 1 aliphatic heterocycles. The summed E-state index contributed by atoms with van der Waals surface area (Å²) in [5.41, 5.74) is 0.0683. The molecule has 39 heavy (non-hydrogen) atoms. The molecule has 1 amide bonds. The van der Waals surface area contributed by atoms with Gasteiger partial charge in [0.25, 0.3) is 8.32 Å². The Kier molecular flexibility index (Phi) is 8.42. The fraction of sp³-hybridized carbons (Fsp3) is 0.690. The predicted octanol–water partition coefficient (Wildman–Crippen LogP) is 7.29. The first kappa shape index (κ1) is 30.8. The molecule has 0 radical (unpaired) electrons. The molecule has 1 aromatic carbocycles. The molecular formula is C29H47N3O6Si. The van der Waals surface area contributed by atoms with E-state index in [0.717, 1.165) is 0 Å². The van der Waals surface area contributed by atoms with Crippen LogP contribution >= 0.6 is 0 Å². The maximum atomic E-state index is 13.1. The number of hydrogen-bond acceptors (Lipinski definition) is 7. The largest absolute Gasteiger partial charge is 0.541 e. The minimum atomic E-state index is -2.25. The molecule has 0 bridgehead atoms. The van der Waals surface area contributed by atoms with Crippen LogP contribution in [-0.2, 0) is 9.47 Å². The molecule has 0 saturated carbocycles. The van der Waals surface area contributed by atoms with Gasteiger partial charge in [-0.1, -0.05) is 20.8 Å². The van der Waals surface area contributed by atoms with E-state index in [1.54, 1.807) is 11.8 Å². The zero-order valence-electron chi connectivity index (χ0n) is 25.9. The van der Waals surface area contributed by atoms with Crippen molar-refractivity contribution in [3.63, 3.8) is 0 Å². The van der Waals surface area contributed by atoms with Crippen LogP contribution in [0.2, 0.25) is 18.1 Å². The van der Waals surface area contributed by atoms with Crippen LogP contribution in [0.1, 0.15) is 81.0 Å². The SMILES string of the molecule is Cc1nc2cc(OC3CCN(C(=O)OC(C)(C)C)CC3)c(O[Si](C)(C)C(C)(C)C)cc2n1C(=O)OC(C)(C)C. The maximum absolute atomic E-state index is 13.1. The van der Waals surface area contributed by atoms with Crippen molar-refractivity contribution in [2.75, 3.05) is 13.1 Å². The van der Waals surface area contributed by atoms with Gasteiger partial charge >= 0.3 is 12.2 Å². The number of nitrogens with zero attached hydrogens (tertiary/aromatic N) is 3. The van der Waals surface area contributed by atoms with Crippen LogP contribution in [0.25, 0.3) is 11.0 Å². The Hall–Kier alpha value is -2.75. The van der Waals surface area contributed by atoms with Gasteiger partial charge in [0, 0.05) is 38.1 Å². The average Bonchev–Trinajstić information content (AvgIpc) is 3.05. The number of ether oxygens (including phenoxy) is 3. The Bertz CT molecular complexity index is 1210. The highest BCUT2D eigenvalue weighted by Crippen LogP contribution is 2.42. The van der Waals surface area contributed by atoms with Crippen molar-refractivity contribution in [3.8, 4) is 11.5 Å². The average molecular weight is 562 g/mol. The Balaban J connectivity index is 1.93. The van der Waals surface area contributed by atoms with Crippen molar-refractivity contribution < 1.29 is 28.2 Å². The molecule has 0 unspecified atom stereocenters. The van der Waals surface area contributed by atoms with E-state index in [2.05, 4.69) is 38.8 Å². The van der Waals surface area contributed by atoms with Crippen molar-refractivity contribution in [2.24, 2.45) is 0 Å². The van der Waals surface area contributed by atoms with E-state index in [1.807, 2.05) is 53.7 Å². The van der Waals surface area contributed by atoms with E-state index < -0.39 is 25.6 Å². The third-order valence-corrected chi connectivity index (χ3v) is 11.4. The van der Waals surface area contributed by atoms with Gasteiger partial charge in [0.2, 0.25) is 0 Å². The van der Waals surface area contributed by atoms with Crippen molar-refractivity contribution in [1.82, 2.24) is 14.5 Å². The van der Waals surface area contributed by atoms with Gasteiger partial charge < -0.3 is 23.5 Å². The molecular weight excluding hydrogens is 514 g/mol. The quantitative estimate of drug-likeness (QED) is 0.362. The lowest BCUT2D eigenvalue weighted by atomic mass is 10.1. The number of imidazole rings is 1. The highest BCUT2D eigenvalue weighted by molar-refractivity contribution is 6.74. The van der Waals surface area contributed by atoms with Crippen LogP contribution in [0.15, 0.2) is 12.1 Å². The smallest absolute Gasteiger partial charge is 0.420 e. The Labute approximate surface area is 234 Å². The highest BCUT2D eigenvalue weighted by Gasteiger charge is 2.40. The van der Waals surface area contributed by atoms with E-state index in [4.69, 9.17) is 18.6 Å². The van der Waals surface area contributed by atoms with Gasteiger partial charge in [0.15, 0.2) is 5.75 Å². The van der Waals surface area contributed by atoms with Gasteiger partial charge in [-0.2, -0.15) is 0 Å². The first-order valence-corrected chi connectivity index (χ1v) is 16.7. The molecule has 1 fully saturated rings. The molecule has 0 N–H and O–H groups in total. The number of carbonyl (C=O) groups excluding carboxylic acids is 2. The maximum Gasteiger partial charge on any atom is 0.420 e. The first-order chi connectivity index (χ1) is 17.7. The van der Waals surface area contributed by atoms with Crippen LogP contribution in [-0.4, -0.2) is 65.4 Å². The zero-order chi connectivity index (χ0) is 29.6. The van der Waals surface area contributed by atoms with E-state index >= 15 is 0 Å². The molecule has 1 aliphatic rings. The monoisotopic (exact) mass is 561 g/mol. The fourth-order valence-electron chi connectivity index (χ4n) is 4.01. The number of amides is 1. The summed E-state index contributed by atoms with van der Waals surface area (Å²) in [6, 6.07) is 3.71. The molecule has 2 heterocycles. The Morgan fingerprint density at radius 2 is 1.41 bits per heavy atom. The first-order valence-electron chi connectivity index (χ1n) is 13.8. The van der Waals surface area contributed by atoms with Crippen LogP contribution < -0.4 is 9.16 Å². The minimum Gasteiger partial charge on any atom is -0.541 e. The molecule has 10 heteroatoms. The second-order valence-electron chi connectivity index (χ2n) is 13.9. The third-order valence-electron chi connectivity index (χ3n) is 7.02. The standard InChI is InChI=1S/C29H47N3O6Si/c1-19-30-21-17-23(35-20-13-15-31(16-14-20)25(33)36-27(2,3)4)24(38-39(11,12)29(8,9)10)18-22(21)32(19)26(34)37-28(5,6)7/h17-18,20H,13-16H2,1-12H3. The Morgan fingerprint density at radius 3 is 1.92 bits per heavy atom. The number of aryl methyl sites for hydroxylation is 1. The molecule has 218 valence electrons.